The summed E-state index contributed by atoms with van der Waals surface area (Å²) in [5.74, 6) is -0.921. The summed E-state index contributed by atoms with van der Waals surface area (Å²) >= 11 is 0. The van der Waals surface area contributed by atoms with Gasteiger partial charge >= 0.3 is 23.6 Å². The quantitative estimate of drug-likeness (QED) is 0.322. The molecule has 0 spiro atoms. The molecule has 3 heterocycles. The van der Waals surface area contributed by atoms with Crippen molar-refractivity contribution in [2.75, 3.05) is 39.3 Å². The molecular formula is C40H55N5O4. The van der Waals surface area contributed by atoms with Crippen LogP contribution in [0.3, 0.4) is 0 Å². The predicted molar refractivity (Wildman–Crippen MR) is 190 cm³/mol. The van der Waals surface area contributed by atoms with Gasteiger partial charge in [-0.25, -0.2) is 0 Å². The fourth-order valence-electron chi connectivity index (χ4n) is 8.75. The highest BCUT2D eigenvalue weighted by Crippen LogP contribution is 2.30. The van der Waals surface area contributed by atoms with Gasteiger partial charge in [0.25, 0.3) is 0 Å². The van der Waals surface area contributed by atoms with Gasteiger partial charge in [0, 0.05) is 44.8 Å². The first kappa shape index (κ1) is 35.1. The van der Waals surface area contributed by atoms with E-state index in [1.807, 2.05) is 46.2 Å². The lowest BCUT2D eigenvalue weighted by Gasteiger charge is -2.46. The zero-order valence-electron chi connectivity index (χ0n) is 29.5. The number of benzene rings is 2. The molecule has 1 aliphatic carbocycles. The lowest BCUT2D eigenvalue weighted by molar-refractivity contribution is -0.162. The average molecular weight is 670 g/mol. The van der Waals surface area contributed by atoms with Crippen molar-refractivity contribution in [1.82, 2.24) is 24.9 Å². The molecule has 0 radical (unpaired) electrons. The molecule has 3 saturated heterocycles. The second kappa shape index (κ2) is 16.3. The molecule has 4 aliphatic rings. The summed E-state index contributed by atoms with van der Waals surface area (Å²) in [6, 6.07) is 20.3. The van der Waals surface area contributed by atoms with E-state index in [0.717, 1.165) is 50.6 Å². The minimum Gasteiger partial charge on any atom is -0.346 e. The Hall–Kier alpha value is -3.72. The molecule has 6 rings (SSSR count). The van der Waals surface area contributed by atoms with Crippen LogP contribution in [-0.4, -0.2) is 107 Å². The summed E-state index contributed by atoms with van der Waals surface area (Å²) in [6.45, 7) is 8.01. The van der Waals surface area contributed by atoms with E-state index in [-0.39, 0.29) is 36.0 Å². The summed E-state index contributed by atoms with van der Waals surface area (Å²) in [5, 5.41) is 2.80. The van der Waals surface area contributed by atoms with Gasteiger partial charge in [0.2, 0.25) is 0 Å². The molecule has 264 valence electrons. The first-order valence-corrected chi connectivity index (χ1v) is 18.8. The van der Waals surface area contributed by atoms with Gasteiger partial charge in [-0.1, -0.05) is 93.8 Å². The van der Waals surface area contributed by atoms with Crippen LogP contribution in [0.25, 0.3) is 0 Å². The molecule has 3 aliphatic heterocycles. The highest BCUT2D eigenvalue weighted by molar-refractivity contribution is 6.36. The maximum atomic E-state index is 14.1. The third kappa shape index (κ3) is 8.72. The molecule has 4 atom stereocenters. The predicted octanol–water partition coefficient (Wildman–Crippen LogP) is 4.30. The van der Waals surface area contributed by atoms with Gasteiger partial charge in [-0.2, -0.15) is 0 Å². The molecule has 2 aromatic carbocycles. The van der Waals surface area contributed by atoms with E-state index in [1.54, 1.807) is 4.90 Å². The molecular weight excluding hydrogens is 614 g/mol. The first-order chi connectivity index (χ1) is 23.8. The first-order valence-electron chi connectivity index (χ1n) is 18.8. The van der Waals surface area contributed by atoms with Crippen LogP contribution in [0.15, 0.2) is 60.7 Å². The van der Waals surface area contributed by atoms with Gasteiger partial charge in [0.05, 0.1) is 12.1 Å². The molecule has 9 nitrogen and oxygen atoms in total. The van der Waals surface area contributed by atoms with E-state index in [9.17, 15) is 19.2 Å². The van der Waals surface area contributed by atoms with Gasteiger partial charge < -0.3 is 20.0 Å². The van der Waals surface area contributed by atoms with Gasteiger partial charge in [-0.3, -0.25) is 24.1 Å². The molecule has 4 fully saturated rings. The minimum absolute atomic E-state index is 0.0678. The minimum atomic E-state index is -0.536. The van der Waals surface area contributed by atoms with Crippen molar-refractivity contribution in [3.63, 3.8) is 0 Å². The Morgan fingerprint density at radius 3 is 1.98 bits per heavy atom. The van der Waals surface area contributed by atoms with Crippen LogP contribution in [-0.2, 0) is 32.0 Å². The van der Waals surface area contributed by atoms with E-state index >= 15 is 0 Å². The Morgan fingerprint density at radius 1 is 0.694 bits per heavy atom. The van der Waals surface area contributed by atoms with Crippen molar-refractivity contribution in [3.05, 3.63) is 71.8 Å². The van der Waals surface area contributed by atoms with Crippen LogP contribution < -0.4 is 5.32 Å². The number of carbonyl (C=O) groups is 4. The number of hydrogen-bond acceptors (Lipinski definition) is 5. The van der Waals surface area contributed by atoms with Crippen molar-refractivity contribution < 1.29 is 19.2 Å². The number of rotatable bonds is 13. The standard InChI is InChI=1S/C40H55N5O4/c1-29(2)21-35(26-42-20-12-19-33(42)27-44-34(24-41-37(46)38(44)47)22-30-13-6-3-7-14-30)45-28-36(23-31-15-8-4-9-16-31)43(39(48)40(45)49)25-32-17-10-5-11-18-32/h3-4,6-9,13-16,29,32-36H,5,10-12,17-28H2,1-2H3,(H,41,46)/t33-,34-,35-,36-/m0/s1. The van der Waals surface area contributed by atoms with Crippen LogP contribution in [0.1, 0.15) is 76.3 Å². The monoisotopic (exact) mass is 669 g/mol. The molecule has 0 unspecified atom stereocenters. The van der Waals surface area contributed by atoms with Crippen LogP contribution in [0.4, 0.5) is 0 Å². The lowest BCUT2D eigenvalue weighted by Crippen LogP contribution is -2.65. The van der Waals surface area contributed by atoms with Crippen LogP contribution in [0.2, 0.25) is 0 Å². The van der Waals surface area contributed by atoms with Crippen molar-refractivity contribution in [1.29, 1.82) is 0 Å². The molecule has 49 heavy (non-hydrogen) atoms. The normalized spacial score (nSPS) is 25.0. The van der Waals surface area contributed by atoms with Crippen LogP contribution >= 0.6 is 0 Å². The topological polar surface area (TPSA) is 93.3 Å². The van der Waals surface area contributed by atoms with E-state index in [4.69, 9.17) is 0 Å². The third-order valence-electron chi connectivity index (χ3n) is 11.3. The molecule has 2 aromatic rings. The number of nitrogens with one attached hydrogen (secondary N) is 1. The Labute approximate surface area is 292 Å². The van der Waals surface area contributed by atoms with Crippen LogP contribution in [0.5, 0.6) is 0 Å². The molecule has 4 amide bonds. The van der Waals surface area contributed by atoms with Gasteiger partial charge in [0.1, 0.15) is 0 Å². The fourth-order valence-corrected chi connectivity index (χ4v) is 8.75. The second-order valence-electron chi connectivity index (χ2n) is 15.3. The Bertz CT molecular complexity index is 1430. The Morgan fingerprint density at radius 2 is 1.33 bits per heavy atom. The largest absolute Gasteiger partial charge is 0.346 e. The molecule has 9 heteroatoms. The maximum Gasteiger partial charge on any atom is 0.312 e. The SMILES string of the molecule is CC(C)C[C@@H](CN1CCC[C@H]1CN1C(=O)C(=O)NC[C@@H]1Cc1ccccc1)N1C[C@H](Cc2ccccc2)N(CC2CCCCC2)C(=O)C1=O. The number of nitrogens with zero attached hydrogens (tertiary/aromatic N) is 4. The Kier molecular flexibility index (Phi) is 11.7. The fraction of sp³-hybridized carbons (Fsp3) is 0.600. The number of carbonyl (C=O) groups excluding carboxylic acids is 4. The Balaban J connectivity index is 1.20. The molecule has 0 bridgehead atoms. The van der Waals surface area contributed by atoms with E-state index in [0.29, 0.717) is 51.0 Å². The second-order valence-corrected chi connectivity index (χ2v) is 15.3. The van der Waals surface area contributed by atoms with Gasteiger partial charge in [-0.05, 0) is 74.5 Å². The van der Waals surface area contributed by atoms with Crippen molar-refractivity contribution >= 4 is 23.6 Å². The van der Waals surface area contributed by atoms with Gasteiger partial charge in [-0.15, -0.1) is 0 Å². The molecule has 0 aromatic heterocycles. The smallest absolute Gasteiger partial charge is 0.312 e. The third-order valence-corrected chi connectivity index (χ3v) is 11.3. The number of amides is 4. The van der Waals surface area contributed by atoms with Gasteiger partial charge in [0.15, 0.2) is 0 Å². The highest BCUT2D eigenvalue weighted by atomic mass is 16.2. The van der Waals surface area contributed by atoms with Crippen molar-refractivity contribution in [2.45, 2.75) is 102 Å². The summed E-state index contributed by atoms with van der Waals surface area (Å²) < 4.78 is 0. The molecule has 1 N–H and O–H groups in total. The van der Waals surface area contributed by atoms with E-state index in [2.05, 4.69) is 48.3 Å². The highest BCUT2D eigenvalue weighted by Gasteiger charge is 2.44. The summed E-state index contributed by atoms with van der Waals surface area (Å²) in [6.07, 6.45) is 10.0. The zero-order chi connectivity index (χ0) is 34.3. The van der Waals surface area contributed by atoms with Crippen LogP contribution in [0, 0.1) is 11.8 Å². The van der Waals surface area contributed by atoms with Crippen molar-refractivity contribution in [2.24, 2.45) is 11.8 Å². The van der Waals surface area contributed by atoms with E-state index in [1.165, 1.54) is 24.8 Å². The molecule has 1 saturated carbocycles. The summed E-state index contributed by atoms with van der Waals surface area (Å²) in [4.78, 5) is 62.0. The average Bonchev–Trinajstić information content (AvgIpc) is 3.55. The number of hydrogen-bond donors (Lipinski definition) is 1. The number of piperazine rings is 2. The summed E-state index contributed by atoms with van der Waals surface area (Å²) in [5.41, 5.74) is 2.32. The maximum absolute atomic E-state index is 14.1. The zero-order valence-corrected chi connectivity index (χ0v) is 29.5. The summed E-state index contributed by atoms with van der Waals surface area (Å²) in [7, 11) is 0. The lowest BCUT2D eigenvalue weighted by atomic mass is 9.87. The van der Waals surface area contributed by atoms with Crippen molar-refractivity contribution in [3.8, 4) is 0 Å². The van der Waals surface area contributed by atoms with E-state index < -0.39 is 11.8 Å². The number of likely N-dealkylation sites (tertiary alicyclic amines) is 1.